The van der Waals surface area contributed by atoms with Gasteiger partial charge in [0, 0.05) is 11.7 Å². The molecule has 0 atom stereocenters. The molecule has 2 aromatic rings. The van der Waals surface area contributed by atoms with Crippen molar-refractivity contribution in [3.8, 4) is 0 Å². The first-order valence-electron chi connectivity index (χ1n) is 7.26. The van der Waals surface area contributed by atoms with Crippen LogP contribution < -0.4 is 5.32 Å². The molecule has 3 rings (SSSR count). The third-order valence-electron chi connectivity index (χ3n) is 4.09. The molecule has 0 saturated heterocycles. The minimum absolute atomic E-state index is 0.297. The zero-order valence-corrected chi connectivity index (χ0v) is 12.1. The van der Waals surface area contributed by atoms with E-state index in [-0.39, 0.29) is 5.97 Å². The van der Waals surface area contributed by atoms with Gasteiger partial charge in [-0.1, -0.05) is 30.3 Å². The molecule has 1 fully saturated rings. The maximum Gasteiger partial charge on any atom is 0.337 e. The molecule has 3 nitrogen and oxygen atoms in total. The second kappa shape index (κ2) is 6.00. The highest BCUT2D eigenvalue weighted by Crippen LogP contribution is 2.38. The molecule has 3 heteroatoms. The Morgan fingerprint density at radius 1 is 1.05 bits per heavy atom. The molecule has 1 aliphatic rings. The SMILES string of the molecule is COC(=O)c1ccc(NC2CC(c3ccccc3)C2)cc1. The summed E-state index contributed by atoms with van der Waals surface area (Å²) in [5, 5.41) is 3.51. The van der Waals surface area contributed by atoms with Crippen LogP contribution in [-0.2, 0) is 4.74 Å². The lowest BCUT2D eigenvalue weighted by molar-refractivity contribution is 0.0601. The van der Waals surface area contributed by atoms with Gasteiger partial charge < -0.3 is 10.1 Å². The normalized spacial score (nSPS) is 20.4. The van der Waals surface area contributed by atoms with Crippen LogP contribution in [0, 0.1) is 0 Å². The van der Waals surface area contributed by atoms with Gasteiger partial charge in [-0.15, -0.1) is 0 Å². The Bertz CT molecular complexity index is 601. The summed E-state index contributed by atoms with van der Waals surface area (Å²) in [6, 6.07) is 18.6. The molecule has 2 aromatic carbocycles. The summed E-state index contributed by atoms with van der Waals surface area (Å²) in [7, 11) is 1.40. The molecular formula is C18H19NO2. The van der Waals surface area contributed by atoms with Crippen LogP contribution in [0.2, 0.25) is 0 Å². The number of rotatable bonds is 4. The quantitative estimate of drug-likeness (QED) is 0.866. The van der Waals surface area contributed by atoms with Crippen LogP contribution in [0.1, 0.15) is 34.7 Å². The summed E-state index contributed by atoms with van der Waals surface area (Å²) in [6.07, 6.45) is 2.31. The maximum absolute atomic E-state index is 11.4. The van der Waals surface area contributed by atoms with Crippen LogP contribution in [0.5, 0.6) is 0 Å². The van der Waals surface area contributed by atoms with Gasteiger partial charge in [0.25, 0.3) is 0 Å². The maximum atomic E-state index is 11.4. The van der Waals surface area contributed by atoms with Crippen molar-refractivity contribution in [1.29, 1.82) is 0 Å². The van der Waals surface area contributed by atoms with E-state index in [9.17, 15) is 4.79 Å². The molecule has 0 spiro atoms. The highest BCUT2D eigenvalue weighted by molar-refractivity contribution is 5.89. The molecule has 0 amide bonds. The molecule has 1 saturated carbocycles. The van der Waals surface area contributed by atoms with E-state index in [4.69, 9.17) is 4.74 Å². The van der Waals surface area contributed by atoms with Gasteiger partial charge in [0.2, 0.25) is 0 Å². The fraction of sp³-hybridized carbons (Fsp3) is 0.278. The smallest absolute Gasteiger partial charge is 0.337 e. The van der Waals surface area contributed by atoms with E-state index in [0.29, 0.717) is 17.5 Å². The van der Waals surface area contributed by atoms with Crippen LogP contribution in [0.15, 0.2) is 54.6 Å². The number of ether oxygens (including phenoxy) is 1. The Balaban J connectivity index is 1.54. The van der Waals surface area contributed by atoms with Gasteiger partial charge in [-0.3, -0.25) is 0 Å². The number of esters is 1. The monoisotopic (exact) mass is 281 g/mol. The van der Waals surface area contributed by atoms with E-state index < -0.39 is 0 Å². The summed E-state index contributed by atoms with van der Waals surface area (Å²) in [6.45, 7) is 0. The van der Waals surface area contributed by atoms with Crippen molar-refractivity contribution in [2.75, 3.05) is 12.4 Å². The van der Waals surface area contributed by atoms with Crippen molar-refractivity contribution < 1.29 is 9.53 Å². The summed E-state index contributed by atoms with van der Waals surface area (Å²) >= 11 is 0. The molecule has 0 bridgehead atoms. The van der Waals surface area contributed by atoms with Gasteiger partial charge >= 0.3 is 5.97 Å². The van der Waals surface area contributed by atoms with E-state index in [2.05, 4.69) is 35.6 Å². The van der Waals surface area contributed by atoms with Gasteiger partial charge in [0.1, 0.15) is 0 Å². The zero-order valence-electron chi connectivity index (χ0n) is 12.1. The second-order valence-corrected chi connectivity index (χ2v) is 5.49. The number of nitrogens with one attached hydrogen (secondary N) is 1. The summed E-state index contributed by atoms with van der Waals surface area (Å²) in [5.74, 6) is 0.368. The summed E-state index contributed by atoms with van der Waals surface area (Å²) in [5.41, 5.74) is 3.06. The molecule has 0 heterocycles. The Morgan fingerprint density at radius 3 is 2.33 bits per heavy atom. The highest BCUT2D eigenvalue weighted by atomic mass is 16.5. The van der Waals surface area contributed by atoms with E-state index in [1.807, 2.05) is 12.1 Å². The molecule has 0 aromatic heterocycles. The van der Waals surface area contributed by atoms with Crippen molar-refractivity contribution in [1.82, 2.24) is 0 Å². The minimum Gasteiger partial charge on any atom is -0.465 e. The second-order valence-electron chi connectivity index (χ2n) is 5.49. The van der Waals surface area contributed by atoms with Crippen molar-refractivity contribution in [2.45, 2.75) is 24.8 Å². The number of anilines is 1. The van der Waals surface area contributed by atoms with Gasteiger partial charge in [0.15, 0.2) is 0 Å². The fourth-order valence-corrected chi connectivity index (χ4v) is 2.79. The molecule has 0 unspecified atom stereocenters. The Morgan fingerprint density at radius 2 is 1.71 bits per heavy atom. The number of carbonyl (C=O) groups is 1. The standard InChI is InChI=1S/C18H19NO2/c1-21-18(20)14-7-9-16(10-8-14)19-17-11-15(12-17)13-5-3-2-4-6-13/h2-10,15,17,19H,11-12H2,1H3. The van der Waals surface area contributed by atoms with E-state index in [1.165, 1.54) is 12.7 Å². The fourth-order valence-electron chi connectivity index (χ4n) is 2.79. The molecule has 0 radical (unpaired) electrons. The zero-order chi connectivity index (χ0) is 14.7. The van der Waals surface area contributed by atoms with Crippen molar-refractivity contribution in [3.63, 3.8) is 0 Å². The Kier molecular flexibility index (Phi) is 3.91. The van der Waals surface area contributed by atoms with Gasteiger partial charge in [0.05, 0.1) is 12.7 Å². The average molecular weight is 281 g/mol. The van der Waals surface area contributed by atoms with Crippen molar-refractivity contribution in [2.24, 2.45) is 0 Å². The first-order valence-corrected chi connectivity index (χ1v) is 7.26. The number of hydrogen-bond donors (Lipinski definition) is 1. The molecule has 108 valence electrons. The Labute approximate surface area is 124 Å². The van der Waals surface area contributed by atoms with Gasteiger partial charge in [-0.2, -0.15) is 0 Å². The third-order valence-corrected chi connectivity index (χ3v) is 4.09. The lowest BCUT2D eigenvalue weighted by Crippen LogP contribution is -2.33. The first-order chi connectivity index (χ1) is 10.3. The molecule has 0 aliphatic heterocycles. The first kappa shape index (κ1) is 13.7. The molecular weight excluding hydrogens is 262 g/mol. The van der Waals surface area contributed by atoms with Crippen LogP contribution in [0.4, 0.5) is 5.69 Å². The number of methoxy groups -OCH3 is 1. The van der Waals surface area contributed by atoms with Crippen molar-refractivity contribution >= 4 is 11.7 Å². The third kappa shape index (κ3) is 3.07. The largest absolute Gasteiger partial charge is 0.465 e. The molecule has 1 aliphatic carbocycles. The number of carbonyl (C=O) groups excluding carboxylic acids is 1. The summed E-state index contributed by atoms with van der Waals surface area (Å²) < 4.78 is 4.69. The van der Waals surface area contributed by atoms with Crippen LogP contribution >= 0.6 is 0 Å². The van der Waals surface area contributed by atoms with E-state index in [1.54, 1.807) is 12.1 Å². The van der Waals surface area contributed by atoms with Crippen molar-refractivity contribution in [3.05, 3.63) is 65.7 Å². The average Bonchev–Trinajstić information content (AvgIpc) is 2.51. The highest BCUT2D eigenvalue weighted by Gasteiger charge is 2.29. The number of benzene rings is 2. The predicted octanol–water partition coefficient (Wildman–Crippen LogP) is 3.83. The van der Waals surface area contributed by atoms with Gasteiger partial charge in [-0.25, -0.2) is 4.79 Å². The van der Waals surface area contributed by atoms with Crippen LogP contribution in [0.25, 0.3) is 0 Å². The van der Waals surface area contributed by atoms with E-state index >= 15 is 0 Å². The molecule has 1 N–H and O–H groups in total. The minimum atomic E-state index is -0.297. The van der Waals surface area contributed by atoms with Crippen LogP contribution in [-0.4, -0.2) is 19.1 Å². The lowest BCUT2D eigenvalue weighted by atomic mass is 9.76. The summed E-state index contributed by atoms with van der Waals surface area (Å²) in [4.78, 5) is 11.4. The number of hydrogen-bond acceptors (Lipinski definition) is 3. The van der Waals surface area contributed by atoms with E-state index in [0.717, 1.165) is 18.5 Å². The molecule has 21 heavy (non-hydrogen) atoms. The van der Waals surface area contributed by atoms with Crippen LogP contribution in [0.3, 0.4) is 0 Å². The lowest BCUT2D eigenvalue weighted by Gasteiger charge is -2.37. The van der Waals surface area contributed by atoms with Gasteiger partial charge in [-0.05, 0) is 48.6 Å². The topological polar surface area (TPSA) is 38.3 Å². The Hall–Kier alpha value is -2.29. The predicted molar refractivity (Wildman–Crippen MR) is 83.6 cm³/mol.